The Morgan fingerprint density at radius 2 is 1.87 bits per heavy atom. The van der Waals surface area contributed by atoms with Crippen LogP contribution < -0.4 is 11.1 Å². The summed E-state index contributed by atoms with van der Waals surface area (Å²) in [6.07, 6.45) is 3.25. The number of rotatable bonds is 11. The van der Waals surface area contributed by atoms with Gasteiger partial charge in [0.1, 0.15) is 6.04 Å². The van der Waals surface area contributed by atoms with E-state index in [2.05, 4.69) is 10.2 Å². The molecule has 0 bridgehead atoms. The van der Waals surface area contributed by atoms with Crippen LogP contribution in [0.3, 0.4) is 0 Å². The van der Waals surface area contributed by atoms with Crippen molar-refractivity contribution in [3.05, 3.63) is 0 Å². The van der Waals surface area contributed by atoms with Crippen molar-refractivity contribution < 1.29 is 19.1 Å². The maximum atomic E-state index is 13.5. The third-order valence-corrected chi connectivity index (χ3v) is 6.41. The Bertz CT molecular complexity index is 583. The smallest absolute Gasteiger partial charge is 0.245 e. The molecule has 0 spiro atoms. The summed E-state index contributed by atoms with van der Waals surface area (Å²) in [6.45, 7) is 8.81. The summed E-state index contributed by atoms with van der Waals surface area (Å²) in [5.74, 6) is -0.722. The first-order valence-electron chi connectivity index (χ1n) is 11.1. The molecule has 0 saturated carbocycles. The number of likely N-dealkylation sites (tertiary alicyclic amines) is 1. The quantitative estimate of drug-likeness (QED) is 0.519. The molecule has 0 aromatic carbocycles. The summed E-state index contributed by atoms with van der Waals surface area (Å²) in [4.78, 5) is 41.7. The minimum absolute atomic E-state index is 0.0364. The normalized spacial score (nSPS) is 21.5. The molecule has 3 N–H and O–H groups in total. The summed E-state index contributed by atoms with van der Waals surface area (Å²) in [5.41, 5.74) is 5.41. The predicted molar refractivity (Wildman–Crippen MR) is 118 cm³/mol. The van der Waals surface area contributed by atoms with Gasteiger partial charge in [0.25, 0.3) is 0 Å². The number of ether oxygens (including phenoxy) is 1. The lowest BCUT2D eigenvalue weighted by Gasteiger charge is -2.40. The number of nitrogens with two attached hydrogens (primary N) is 1. The van der Waals surface area contributed by atoms with Crippen LogP contribution in [0, 0.1) is 11.8 Å². The number of carbonyl (C=O) groups excluding carboxylic acids is 3. The molecule has 1 heterocycles. The van der Waals surface area contributed by atoms with E-state index >= 15 is 0 Å². The van der Waals surface area contributed by atoms with E-state index in [-0.39, 0.29) is 42.2 Å². The van der Waals surface area contributed by atoms with Gasteiger partial charge in [-0.25, -0.2) is 0 Å². The highest BCUT2D eigenvalue weighted by Crippen LogP contribution is 2.23. The van der Waals surface area contributed by atoms with E-state index in [1.807, 2.05) is 34.7 Å². The van der Waals surface area contributed by atoms with E-state index in [0.29, 0.717) is 0 Å². The summed E-state index contributed by atoms with van der Waals surface area (Å²) < 4.78 is 5.56. The zero-order valence-electron chi connectivity index (χ0n) is 19.8. The second kappa shape index (κ2) is 12.2. The molecular weight excluding hydrogens is 384 g/mol. The SMILES string of the molecule is CC[C@H](C)[C@@H]([C@@H](CC(N)=O)OC)N(C)C(=O)[C@@H](NC(=O)[C@H]1CCCCN1C)C(C)C. The molecule has 1 saturated heterocycles. The van der Waals surface area contributed by atoms with Crippen molar-refractivity contribution in [2.24, 2.45) is 17.6 Å². The van der Waals surface area contributed by atoms with Crippen LogP contribution in [-0.4, -0.2) is 79.5 Å². The van der Waals surface area contributed by atoms with Gasteiger partial charge in [-0.3, -0.25) is 19.3 Å². The van der Waals surface area contributed by atoms with Gasteiger partial charge in [-0.05, 0) is 38.3 Å². The molecule has 0 aromatic heterocycles. The molecule has 1 fully saturated rings. The van der Waals surface area contributed by atoms with Crippen LogP contribution in [0.25, 0.3) is 0 Å². The Morgan fingerprint density at radius 3 is 2.33 bits per heavy atom. The topological polar surface area (TPSA) is 105 Å². The lowest BCUT2D eigenvalue weighted by Crippen LogP contribution is -2.59. The molecule has 0 aliphatic carbocycles. The van der Waals surface area contributed by atoms with Gasteiger partial charge in [0, 0.05) is 14.2 Å². The first-order valence-corrected chi connectivity index (χ1v) is 11.1. The highest BCUT2D eigenvalue weighted by atomic mass is 16.5. The highest BCUT2D eigenvalue weighted by Gasteiger charge is 2.38. The number of hydrogen-bond acceptors (Lipinski definition) is 5. The van der Waals surface area contributed by atoms with Gasteiger partial charge in [0.05, 0.1) is 24.6 Å². The Morgan fingerprint density at radius 1 is 1.23 bits per heavy atom. The maximum Gasteiger partial charge on any atom is 0.245 e. The average Bonchev–Trinajstić information content (AvgIpc) is 2.70. The van der Waals surface area contributed by atoms with E-state index in [4.69, 9.17) is 10.5 Å². The van der Waals surface area contributed by atoms with Crippen molar-refractivity contribution >= 4 is 17.7 Å². The van der Waals surface area contributed by atoms with Gasteiger partial charge < -0.3 is 20.7 Å². The number of likely N-dealkylation sites (N-methyl/N-ethyl adjacent to an activating group) is 2. The van der Waals surface area contributed by atoms with Gasteiger partial charge in [-0.2, -0.15) is 0 Å². The largest absolute Gasteiger partial charge is 0.379 e. The minimum Gasteiger partial charge on any atom is -0.379 e. The van der Waals surface area contributed by atoms with Crippen LogP contribution in [0.1, 0.15) is 59.8 Å². The summed E-state index contributed by atoms with van der Waals surface area (Å²) >= 11 is 0. The molecule has 8 heteroatoms. The fourth-order valence-corrected chi connectivity index (χ4v) is 4.32. The Hall–Kier alpha value is -1.67. The molecular formula is C22H42N4O4. The third-order valence-electron chi connectivity index (χ3n) is 6.41. The average molecular weight is 427 g/mol. The van der Waals surface area contributed by atoms with Crippen LogP contribution in [0.4, 0.5) is 0 Å². The predicted octanol–water partition coefficient (Wildman–Crippen LogP) is 1.38. The Balaban J connectivity index is 3.05. The van der Waals surface area contributed by atoms with Crippen LogP contribution >= 0.6 is 0 Å². The number of carbonyl (C=O) groups is 3. The van der Waals surface area contributed by atoms with Crippen molar-refractivity contribution in [2.45, 2.75) is 84.0 Å². The maximum absolute atomic E-state index is 13.5. The van der Waals surface area contributed by atoms with E-state index in [1.165, 1.54) is 7.11 Å². The van der Waals surface area contributed by atoms with E-state index in [1.54, 1.807) is 11.9 Å². The molecule has 3 amide bonds. The molecule has 30 heavy (non-hydrogen) atoms. The molecule has 0 unspecified atom stereocenters. The second-order valence-corrected chi connectivity index (χ2v) is 8.99. The van der Waals surface area contributed by atoms with Crippen molar-refractivity contribution in [3.63, 3.8) is 0 Å². The molecule has 1 aliphatic rings. The van der Waals surface area contributed by atoms with Crippen LogP contribution in [0.5, 0.6) is 0 Å². The second-order valence-electron chi connectivity index (χ2n) is 8.99. The van der Waals surface area contributed by atoms with E-state index < -0.39 is 18.1 Å². The molecule has 0 radical (unpaired) electrons. The van der Waals surface area contributed by atoms with Gasteiger partial charge in [0.15, 0.2) is 0 Å². The van der Waals surface area contributed by atoms with E-state index in [0.717, 1.165) is 32.2 Å². The molecule has 174 valence electrons. The number of amides is 3. The Labute approximate surface area is 181 Å². The number of nitrogens with zero attached hydrogens (tertiary/aromatic N) is 2. The van der Waals surface area contributed by atoms with Crippen molar-refractivity contribution in [1.29, 1.82) is 0 Å². The molecule has 1 aliphatic heterocycles. The van der Waals surface area contributed by atoms with Gasteiger partial charge in [-0.15, -0.1) is 0 Å². The molecule has 1 rings (SSSR count). The first-order chi connectivity index (χ1) is 14.0. The van der Waals surface area contributed by atoms with Gasteiger partial charge >= 0.3 is 0 Å². The monoisotopic (exact) mass is 426 g/mol. The van der Waals surface area contributed by atoms with Crippen molar-refractivity contribution in [2.75, 3.05) is 27.7 Å². The lowest BCUT2D eigenvalue weighted by atomic mass is 9.90. The summed E-state index contributed by atoms with van der Waals surface area (Å²) in [7, 11) is 5.20. The molecule has 5 atom stereocenters. The molecule has 8 nitrogen and oxygen atoms in total. The lowest BCUT2D eigenvalue weighted by molar-refractivity contribution is -0.144. The van der Waals surface area contributed by atoms with Crippen LogP contribution in [-0.2, 0) is 19.1 Å². The number of methoxy groups -OCH3 is 1. The minimum atomic E-state index is -0.643. The number of primary amides is 1. The summed E-state index contributed by atoms with van der Waals surface area (Å²) in [5, 5.41) is 3.00. The first kappa shape index (κ1) is 26.4. The third kappa shape index (κ3) is 6.94. The Kier molecular flexibility index (Phi) is 10.8. The standard InChI is InChI=1S/C22H42N4O4/c1-8-15(4)20(17(30-7)13-18(23)27)26(6)22(29)19(14(2)3)24-21(28)16-11-9-10-12-25(16)5/h14-17,19-20H,8-13H2,1-7H3,(H2,23,27)(H,24,28)/t15-,16+,17+,19-,20-/m0/s1. The van der Waals surface area contributed by atoms with Crippen LogP contribution in [0.15, 0.2) is 0 Å². The number of nitrogens with one attached hydrogen (secondary N) is 1. The van der Waals surface area contributed by atoms with Crippen LogP contribution in [0.2, 0.25) is 0 Å². The van der Waals surface area contributed by atoms with E-state index in [9.17, 15) is 14.4 Å². The van der Waals surface area contributed by atoms with Crippen molar-refractivity contribution in [1.82, 2.24) is 15.1 Å². The number of piperidine rings is 1. The van der Waals surface area contributed by atoms with Gasteiger partial charge in [0.2, 0.25) is 17.7 Å². The highest BCUT2D eigenvalue weighted by molar-refractivity contribution is 5.90. The summed E-state index contributed by atoms with van der Waals surface area (Å²) in [6, 6.07) is -1.17. The fourth-order valence-electron chi connectivity index (χ4n) is 4.32. The zero-order chi connectivity index (χ0) is 23.0. The van der Waals surface area contributed by atoms with Gasteiger partial charge in [-0.1, -0.05) is 40.5 Å². The van der Waals surface area contributed by atoms with Crippen molar-refractivity contribution in [3.8, 4) is 0 Å². The fraction of sp³-hybridized carbons (Fsp3) is 0.864. The molecule has 0 aromatic rings. The number of hydrogen-bond donors (Lipinski definition) is 2. The zero-order valence-corrected chi connectivity index (χ0v) is 19.8.